The Balaban J connectivity index is 2.03. The molecule has 0 aliphatic heterocycles. The summed E-state index contributed by atoms with van der Waals surface area (Å²) in [5.74, 6) is 0. The first-order valence-corrected chi connectivity index (χ1v) is 10.9. The molecule has 0 nitrogen and oxygen atoms in total. The van der Waals surface area contributed by atoms with E-state index >= 15 is 0 Å². The van der Waals surface area contributed by atoms with Gasteiger partial charge in [-0.15, -0.1) is 0 Å². The van der Waals surface area contributed by atoms with Crippen molar-refractivity contribution >= 4 is 59.9 Å². The van der Waals surface area contributed by atoms with Crippen molar-refractivity contribution in [2.24, 2.45) is 0 Å². The first kappa shape index (κ1) is 17.0. The van der Waals surface area contributed by atoms with Gasteiger partial charge in [-0.1, -0.05) is 70.0 Å². The maximum absolute atomic E-state index is 3.94. The molecule has 3 aromatic carbocycles. The molecule has 3 aromatic rings. The van der Waals surface area contributed by atoms with Gasteiger partial charge in [-0.25, -0.2) is 0 Å². The lowest BCUT2D eigenvalue weighted by Gasteiger charge is -2.32. The first-order chi connectivity index (χ1) is 12.4. The van der Waals surface area contributed by atoms with Gasteiger partial charge >= 0.3 is 0 Å². The average molecular weight is 531 g/mol. The van der Waals surface area contributed by atoms with Gasteiger partial charge in [-0.05, 0) is 84.2 Å². The third-order valence-electron chi connectivity index (χ3n) is 5.65. The molecule has 0 bridgehead atoms. The summed E-state index contributed by atoms with van der Waals surface area (Å²) in [6, 6.07) is 15.3. The molecule has 0 atom stereocenters. The van der Waals surface area contributed by atoms with Crippen LogP contribution in [0, 0.1) is 10.4 Å². The predicted molar refractivity (Wildman–Crippen MR) is 119 cm³/mol. The molecule has 0 radical (unpaired) electrons. The topological polar surface area (TPSA) is 0 Å². The van der Waals surface area contributed by atoms with E-state index in [0.29, 0.717) is 0 Å². The van der Waals surface area contributed by atoms with E-state index < -0.39 is 0 Å². The summed E-state index contributed by atoms with van der Waals surface area (Å²) < 4.78 is 3.45. The van der Waals surface area contributed by atoms with Gasteiger partial charge in [0.2, 0.25) is 0 Å². The molecule has 0 fully saturated rings. The third-order valence-corrected chi connectivity index (χ3v) is 7.86. The van der Waals surface area contributed by atoms with E-state index in [9.17, 15) is 0 Å². The SMILES string of the molecule is CC1(C)c2ccccc2C=c2c1cc1c(c2Br)C=c2c(Br)ccc(Br)c2=1. The fourth-order valence-electron chi connectivity index (χ4n) is 4.31. The van der Waals surface area contributed by atoms with Crippen LogP contribution in [0.3, 0.4) is 0 Å². The van der Waals surface area contributed by atoms with Crippen molar-refractivity contribution < 1.29 is 0 Å². The fourth-order valence-corrected chi connectivity index (χ4v) is 5.97. The van der Waals surface area contributed by atoms with Crippen LogP contribution >= 0.6 is 47.8 Å². The van der Waals surface area contributed by atoms with Gasteiger partial charge in [-0.3, -0.25) is 0 Å². The summed E-state index contributed by atoms with van der Waals surface area (Å²) in [5.41, 5.74) is 5.28. The highest BCUT2D eigenvalue weighted by Crippen LogP contribution is 2.37. The van der Waals surface area contributed by atoms with Crippen LogP contribution in [0.5, 0.6) is 0 Å². The molecule has 5 rings (SSSR count). The van der Waals surface area contributed by atoms with Gasteiger partial charge < -0.3 is 0 Å². The summed E-state index contributed by atoms with van der Waals surface area (Å²) in [7, 11) is 0. The van der Waals surface area contributed by atoms with E-state index in [2.05, 4.69) is 116 Å². The quantitative estimate of drug-likeness (QED) is 0.267. The van der Waals surface area contributed by atoms with Crippen LogP contribution in [-0.4, -0.2) is 0 Å². The van der Waals surface area contributed by atoms with Crippen LogP contribution in [0.2, 0.25) is 0 Å². The second-order valence-corrected chi connectivity index (χ2v) is 9.93. The number of rotatable bonds is 0. The van der Waals surface area contributed by atoms with Crippen LogP contribution in [-0.2, 0) is 5.41 Å². The molecule has 0 saturated heterocycles. The van der Waals surface area contributed by atoms with Crippen LogP contribution in [0.25, 0.3) is 12.2 Å². The van der Waals surface area contributed by atoms with Gasteiger partial charge in [0.15, 0.2) is 0 Å². The smallest absolute Gasteiger partial charge is 0.0329 e. The Morgan fingerprint density at radius 1 is 0.769 bits per heavy atom. The van der Waals surface area contributed by atoms with Crippen molar-refractivity contribution in [1.29, 1.82) is 0 Å². The van der Waals surface area contributed by atoms with Crippen LogP contribution in [0.1, 0.15) is 36.1 Å². The van der Waals surface area contributed by atoms with E-state index in [1.165, 1.54) is 47.6 Å². The molecule has 0 aromatic heterocycles. The Bertz CT molecular complexity index is 1330. The molecule has 0 spiro atoms. The summed E-state index contributed by atoms with van der Waals surface area (Å²) in [6.07, 6.45) is 4.60. The first-order valence-electron chi connectivity index (χ1n) is 8.54. The Hall–Kier alpha value is -1.16. The second-order valence-electron chi connectivity index (χ2n) is 7.43. The Kier molecular flexibility index (Phi) is 3.70. The number of benzene rings is 3. The van der Waals surface area contributed by atoms with E-state index in [0.717, 1.165) is 8.95 Å². The van der Waals surface area contributed by atoms with Crippen molar-refractivity contribution in [3.8, 4) is 0 Å². The normalized spacial score (nSPS) is 15.3. The lowest BCUT2D eigenvalue weighted by Crippen LogP contribution is -2.32. The molecule has 0 saturated carbocycles. The molecule has 3 heteroatoms. The molecule has 2 aliphatic rings. The minimum Gasteiger partial charge on any atom is -0.0619 e. The van der Waals surface area contributed by atoms with Gasteiger partial charge in [0.1, 0.15) is 0 Å². The maximum Gasteiger partial charge on any atom is 0.0329 e. The minimum absolute atomic E-state index is 0.0422. The van der Waals surface area contributed by atoms with E-state index in [-0.39, 0.29) is 5.41 Å². The molecule has 26 heavy (non-hydrogen) atoms. The standard InChI is InChI=1S/C23H15Br3/c1-23(2)17-6-4-3-5-12(17)9-15-18(23)11-13-14(22(15)26)10-16-19(24)7-8-20(25)21(13)16/h3-11H,1-2H3. The summed E-state index contributed by atoms with van der Waals surface area (Å²) in [5, 5.41) is 5.10. The molecule has 0 amide bonds. The second kappa shape index (κ2) is 5.67. The number of hydrogen-bond acceptors (Lipinski definition) is 0. The predicted octanol–water partition coefficient (Wildman–Crippen LogP) is 5.87. The third kappa shape index (κ3) is 2.17. The number of fused-ring (bicyclic) bond motifs is 4. The Labute approximate surface area is 177 Å². The molecular formula is C23H15Br3. The lowest BCUT2D eigenvalue weighted by molar-refractivity contribution is 0.628. The molecule has 2 aliphatic carbocycles. The van der Waals surface area contributed by atoms with Gasteiger partial charge in [-0.2, -0.15) is 0 Å². The van der Waals surface area contributed by atoms with Crippen molar-refractivity contribution in [3.63, 3.8) is 0 Å². The highest BCUT2D eigenvalue weighted by atomic mass is 79.9. The zero-order valence-electron chi connectivity index (χ0n) is 14.3. The van der Waals surface area contributed by atoms with Crippen LogP contribution in [0.15, 0.2) is 55.9 Å². The van der Waals surface area contributed by atoms with Crippen LogP contribution in [0.4, 0.5) is 0 Å². The van der Waals surface area contributed by atoms with Crippen molar-refractivity contribution in [2.45, 2.75) is 19.3 Å². The number of halogens is 3. The minimum atomic E-state index is -0.0422. The average Bonchev–Trinajstić information content (AvgIpc) is 3.01. The maximum atomic E-state index is 3.94. The molecular weight excluding hydrogens is 516 g/mol. The lowest BCUT2D eigenvalue weighted by atomic mass is 9.72. The van der Waals surface area contributed by atoms with E-state index in [1.54, 1.807) is 0 Å². The monoisotopic (exact) mass is 528 g/mol. The molecule has 0 unspecified atom stereocenters. The fraction of sp³-hybridized carbons (Fsp3) is 0.130. The largest absolute Gasteiger partial charge is 0.0619 e. The van der Waals surface area contributed by atoms with Gasteiger partial charge in [0.05, 0.1) is 0 Å². The van der Waals surface area contributed by atoms with E-state index in [1.807, 2.05) is 0 Å². The number of hydrogen-bond donors (Lipinski definition) is 0. The van der Waals surface area contributed by atoms with Crippen molar-refractivity contribution in [3.05, 3.63) is 99.0 Å². The molecule has 0 N–H and O–H groups in total. The molecule has 128 valence electrons. The summed E-state index contributed by atoms with van der Waals surface area (Å²) in [6.45, 7) is 4.65. The summed E-state index contributed by atoms with van der Waals surface area (Å²) in [4.78, 5) is 0. The zero-order valence-corrected chi connectivity index (χ0v) is 19.1. The highest BCUT2D eigenvalue weighted by molar-refractivity contribution is 9.11. The Morgan fingerprint density at radius 3 is 2.31 bits per heavy atom. The highest BCUT2D eigenvalue weighted by Gasteiger charge is 2.31. The molecule has 0 heterocycles. The summed E-state index contributed by atoms with van der Waals surface area (Å²) >= 11 is 11.4. The van der Waals surface area contributed by atoms with E-state index in [4.69, 9.17) is 0 Å². The zero-order chi connectivity index (χ0) is 18.2. The van der Waals surface area contributed by atoms with Gasteiger partial charge in [0, 0.05) is 24.1 Å². The van der Waals surface area contributed by atoms with Crippen molar-refractivity contribution in [2.75, 3.05) is 0 Å². The van der Waals surface area contributed by atoms with Crippen molar-refractivity contribution in [1.82, 2.24) is 0 Å². The van der Waals surface area contributed by atoms with Crippen LogP contribution < -0.4 is 10.4 Å². The van der Waals surface area contributed by atoms with Gasteiger partial charge in [0.25, 0.3) is 0 Å². The Morgan fingerprint density at radius 2 is 1.50 bits per heavy atom.